The third-order valence-corrected chi connectivity index (χ3v) is 6.00. The van der Waals surface area contributed by atoms with E-state index in [-0.39, 0.29) is 11.3 Å². The minimum atomic E-state index is -0.654. The third kappa shape index (κ3) is 4.54. The van der Waals surface area contributed by atoms with Crippen LogP contribution in [0.25, 0.3) is 5.76 Å². The van der Waals surface area contributed by atoms with Gasteiger partial charge in [-0.3, -0.25) is 14.5 Å². The Morgan fingerprint density at radius 3 is 2.38 bits per heavy atom. The number of ketones is 1. The predicted octanol–water partition coefficient (Wildman–Crippen LogP) is 2.84. The van der Waals surface area contributed by atoms with Crippen molar-refractivity contribution in [2.75, 3.05) is 46.5 Å². The van der Waals surface area contributed by atoms with Gasteiger partial charge in [0.25, 0.3) is 11.7 Å². The molecule has 0 saturated carbocycles. The van der Waals surface area contributed by atoms with E-state index in [0.717, 1.165) is 44.8 Å². The lowest BCUT2D eigenvalue weighted by atomic mass is 9.95. The number of Topliss-reactive ketones (excluding diaryl/α,β-unsaturated/α-hetero) is 1. The van der Waals surface area contributed by atoms with Crippen LogP contribution in [0.15, 0.2) is 60.2 Å². The number of benzene rings is 2. The fourth-order valence-electron chi connectivity index (χ4n) is 4.29. The number of morpholine rings is 1. The first-order valence-electron chi connectivity index (χ1n) is 10.9. The number of carbonyl (C=O) groups is 2. The smallest absolute Gasteiger partial charge is 0.295 e. The first-order chi connectivity index (χ1) is 15.6. The van der Waals surface area contributed by atoms with Crippen LogP contribution in [0.2, 0.25) is 0 Å². The predicted molar refractivity (Wildman–Crippen MR) is 120 cm³/mol. The molecular formula is C25H28N2O5. The molecule has 1 atom stereocenters. The average Bonchev–Trinajstić information content (AvgIpc) is 3.10. The summed E-state index contributed by atoms with van der Waals surface area (Å²) in [6, 6.07) is 15.6. The van der Waals surface area contributed by atoms with Crippen molar-refractivity contribution in [2.24, 2.45) is 0 Å². The number of likely N-dealkylation sites (tertiary alicyclic amines) is 1. The Morgan fingerprint density at radius 1 is 1.03 bits per heavy atom. The van der Waals surface area contributed by atoms with Crippen molar-refractivity contribution in [2.45, 2.75) is 12.5 Å². The van der Waals surface area contributed by atoms with E-state index < -0.39 is 17.7 Å². The van der Waals surface area contributed by atoms with E-state index in [4.69, 9.17) is 9.47 Å². The SMILES string of the molecule is COc1ccc(C(O)=C2C(=O)C(=O)N(CCCN3CCOCC3)[C@@H]2c2ccccc2)cc1. The molecule has 2 saturated heterocycles. The molecule has 1 N–H and O–H groups in total. The van der Waals surface area contributed by atoms with E-state index in [1.807, 2.05) is 30.3 Å². The first-order valence-corrected chi connectivity index (χ1v) is 10.9. The van der Waals surface area contributed by atoms with Crippen LogP contribution in [0.3, 0.4) is 0 Å². The average molecular weight is 437 g/mol. The highest BCUT2D eigenvalue weighted by molar-refractivity contribution is 6.46. The molecule has 0 aliphatic carbocycles. The molecule has 7 heteroatoms. The number of aliphatic hydroxyl groups excluding tert-OH is 1. The van der Waals surface area contributed by atoms with Crippen LogP contribution < -0.4 is 4.74 Å². The third-order valence-electron chi connectivity index (χ3n) is 6.00. The van der Waals surface area contributed by atoms with Gasteiger partial charge in [0.05, 0.1) is 31.9 Å². The molecule has 32 heavy (non-hydrogen) atoms. The molecule has 2 aromatic carbocycles. The van der Waals surface area contributed by atoms with Crippen molar-refractivity contribution >= 4 is 17.4 Å². The molecule has 0 aromatic heterocycles. The van der Waals surface area contributed by atoms with Gasteiger partial charge in [-0.1, -0.05) is 30.3 Å². The number of nitrogens with zero attached hydrogens (tertiary/aromatic N) is 2. The van der Waals surface area contributed by atoms with Gasteiger partial charge >= 0.3 is 0 Å². The zero-order valence-corrected chi connectivity index (χ0v) is 18.2. The molecule has 0 bridgehead atoms. The lowest BCUT2D eigenvalue weighted by molar-refractivity contribution is -0.140. The second kappa shape index (κ2) is 9.97. The van der Waals surface area contributed by atoms with Crippen LogP contribution in [-0.2, 0) is 14.3 Å². The number of amides is 1. The lowest BCUT2D eigenvalue weighted by Gasteiger charge is -2.29. The van der Waals surface area contributed by atoms with E-state index >= 15 is 0 Å². The van der Waals surface area contributed by atoms with Crippen LogP contribution in [0, 0.1) is 0 Å². The largest absolute Gasteiger partial charge is 0.507 e. The fraction of sp³-hybridized carbons (Fsp3) is 0.360. The second-order valence-corrected chi connectivity index (χ2v) is 7.94. The Labute approximate surface area is 187 Å². The highest BCUT2D eigenvalue weighted by Crippen LogP contribution is 2.39. The Kier molecular flexibility index (Phi) is 6.87. The molecule has 2 aromatic rings. The van der Waals surface area contributed by atoms with Crippen molar-refractivity contribution in [1.82, 2.24) is 9.80 Å². The van der Waals surface area contributed by atoms with Crippen molar-refractivity contribution in [3.63, 3.8) is 0 Å². The summed E-state index contributed by atoms with van der Waals surface area (Å²) in [5, 5.41) is 11.1. The van der Waals surface area contributed by atoms with Crippen LogP contribution in [0.4, 0.5) is 0 Å². The highest BCUT2D eigenvalue weighted by Gasteiger charge is 2.45. The van der Waals surface area contributed by atoms with E-state index in [1.54, 1.807) is 36.3 Å². The summed E-state index contributed by atoms with van der Waals surface area (Å²) in [6.45, 7) is 4.44. The Bertz CT molecular complexity index is 981. The molecule has 2 aliphatic rings. The monoisotopic (exact) mass is 436 g/mol. The summed E-state index contributed by atoms with van der Waals surface area (Å²) in [5.74, 6) is -0.755. The molecular weight excluding hydrogens is 408 g/mol. The van der Waals surface area contributed by atoms with Crippen molar-refractivity contribution in [3.05, 3.63) is 71.3 Å². The maximum absolute atomic E-state index is 13.0. The summed E-state index contributed by atoms with van der Waals surface area (Å²) in [6.07, 6.45) is 0.735. The van der Waals surface area contributed by atoms with Gasteiger partial charge in [-0.15, -0.1) is 0 Å². The van der Waals surface area contributed by atoms with Crippen LogP contribution in [0.5, 0.6) is 5.75 Å². The van der Waals surface area contributed by atoms with Crippen molar-refractivity contribution in [1.29, 1.82) is 0 Å². The van der Waals surface area contributed by atoms with Crippen LogP contribution in [0.1, 0.15) is 23.6 Å². The van der Waals surface area contributed by atoms with Gasteiger partial charge in [0.1, 0.15) is 11.5 Å². The molecule has 4 rings (SSSR count). The Balaban J connectivity index is 1.64. The van der Waals surface area contributed by atoms with Gasteiger partial charge in [0, 0.05) is 31.7 Å². The maximum atomic E-state index is 13.0. The van der Waals surface area contributed by atoms with E-state index in [2.05, 4.69) is 4.90 Å². The van der Waals surface area contributed by atoms with E-state index in [1.165, 1.54) is 0 Å². The summed E-state index contributed by atoms with van der Waals surface area (Å²) < 4.78 is 10.6. The Morgan fingerprint density at radius 2 is 1.72 bits per heavy atom. The summed E-state index contributed by atoms with van der Waals surface area (Å²) in [4.78, 5) is 29.9. The molecule has 168 valence electrons. The van der Waals surface area contributed by atoms with Gasteiger partial charge in [0.15, 0.2) is 0 Å². The minimum absolute atomic E-state index is 0.123. The van der Waals surface area contributed by atoms with E-state index in [9.17, 15) is 14.7 Å². The normalized spacial score (nSPS) is 21.2. The van der Waals surface area contributed by atoms with Crippen molar-refractivity contribution in [3.8, 4) is 5.75 Å². The molecule has 2 heterocycles. The molecule has 2 aliphatic heterocycles. The second-order valence-electron chi connectivity index (χ2n) is 7.94. The number of ether oxygens (including phenoxy) is 2. The molecule has 0 spiro atoms. The van der Waals surface area contributed by atoms with Gasteiger partial charge in [-0.2, -0.15) is 0 Å². The highest BCUT2D eigenvalue weighted by atomic mass is 16.5. The number of aliphatic hydroxyl groups is 1. The lowest BCUT2D eigenvalue weighted by Crippen LogP contribution is -2.38. The fourth-order valence-corrected chi connectivity index (χ4v) is 4.29. The summed E-state index contributed by atoms with van der Waals surface area (Å²) >= 11 is 0. The standard InChI is InChI=1S/C25H28N2O5/c1-31-20-10-8-19(9-11-20)23(28)21-22(18-6-3-2-4-7-18)27(25(30)24(21)29)13-5-12-26-14-16-32-17-15-26/h2-4,6-11,22,28H,5,12-17H2,1H3/t22-/m1/s1. The number of hydrogen-bond acceptors (Lipinski definition) is 6. The quantitative estimate of drug-likeness (QED) is 0.409. The van der Waals surface area contributed by atoms with Gasteiger partial charge in [0.2, 0.25) is 0 Å². The molecule has 2 fully saturated rings. The maximum Gasteiger partial charge on any atom is 0.295 e. The molecule has 1 amide bonds. The zero-order chi connectivity index (χ0) is 22.5. The van der Waals surface area contributed by atoms with Gasteiger partial charge in [-0.05, 0) is 36.2 Å². The Hall–Kier alpha value is -3.16. The van der Waals surface area contributed by atoms with Gasteiger partial charge < -0.3 is 19.5 Å². The number of methoxy groups -OCH3 is 1. The molecule has 0 unspecified atom stereocenters. The minimum Gasteiger partial charge on any atom is -0.507 e. The number of hydrogen-bond donors (Lipinski definition) is 1. The topological polar surface area (TPSA) is 79.3 Å². The number of rotatable bonds is 7. The molecule has 7 nitrogen and oxygen atoms in total. The van der Waals surface area contributed by atoms with Gasteiger partial charge in [-0.25, -0.2) is 0 Å². The van der Waals surface area contributed by atoms with Crippen LogP contribution >= 0.6 is 0 Å². The first kappa shape index (κ1) is 22.0. The zero-order valence-electron chi connectivity index (χ0n) is 18.2. The summed E-state index contributed by atoms with van der Waals surface area (Å²) in [7, 11) is 1.56. The number of carbonyl (C=O) groups excluding carboxylic acids is 2. The van der Waals surface area contributed by atoms with Crippen molar-refractivity contribution < 1.29 is 24.2 Å². The summed E-state index contributed by atoms with van der Waals surface area (Å²) in [5.41, 5.74) is 1.39. The van der Waals surface area contributed by atoms with Crippen LogP contribution in [-0.4, -0.2) is 73.1 Å². The van der Waals surface area contributed by atoms with E-state index in [0.29, 0.717) is 17.9 Å². The molecule has 0 radical (unpaired) electrons.